The Kier molecular flexibility index (Phi) is 24.5. The number of hydrogen-bond acceptors (Lipinski definition) is 23. The predicted molar refractivity (Wildman–Crippen MR) is 296 cm³/mol. The third kappa shape index (κ3) is 23.2. The number of nitro groups is 1. The molecule has 1 aliphatic carbocycles. The quantitative estimate of drug-likeness (QED) is 0.0503. The van der Waals surface area contributed by atoms with E-state index < -0.39 is 175 Å². The Morgan fingerprint density at radius 3 is 1.79 bits per heavy atom. The normalized spacial score (nSPS) is 26.0. The summed E-state index contributed by atoms with van der Waals surface area (Å²) in [4.78, 5) is 104. The maximum atomic E-state index is 14.0. The van der Waals surface area contributed by atoms with E-state index in [1.165, 1.54) is 44.3 Å². The van der Waals surface area contributed by atoms with E-state index >= 15 is 0 Å². The lowest BCUT2D eigenvalue weighted by Crippen LogP contribution is -2.71. The second kappa shape index (κ2) is 29.5. The van der Waals surface area contributed by atoms with Gasteiger partial charge in [0.2, 0.25) is 12.2 Å². The minimum Gasteiger partial charge on any atom is -0.465 e. The summed E-state index contributed by atoms with van der Waals surface area (Å²) >= 11 is 0. The SMILES string of the molecule is CN(C(=O)OC(C)(C)C)[C@@H]1[C@@H](O)[C@@H](O[C@@H]2[C@@H](O)[C@H](O[C@H]3OC(CNC(=O)OCc4ccc([N+](=O)[O-])cc4)=CC[C@H]3NC(=O)C(O)CNC(=O)OC(C)(C)C)[C@@H](NC(=O)OC(C)(C)C)C[C@H]2NC(=O)[C@@H](O)CCNC(=O)OC(C)(C)C)OC[C@]1(C)O. The molecule has 7 amide bonds. The molecule has 3 aliphatic rings. The van der Waals surface area contributed by atoms with Crippen molar-refractivity contribution >= 4 is 48.0 Å². The zero-order valence-corrected chi connectivity index (χ0v) is 50.5. The highest BCUT2D eigenvalue weighted by molar-refractivity contribution is 5.82. The fourth-order valence-corrected chi connectivity index (χ4v) is 8.76. The number of non-ortho nitro benzene ring substituents is 1. The van der Waals surface area contributed by atoms with Gasteiger partial charge >= 0.3 is 30.5 Å². The smallest absolute Gasteiger partial charge is 0.410 e. The summed E-state index contributed by atoms with van der Waals surface area (Å²) in [6, 6.07) is -0.502. The number of nitro benzene ring substituents is 1. The van der Waals surface area contributed by atoms with Crippen LogP contribution in [0.1, 0.15) is 115 Å². The summed E-state index contributed by atoms with van der Waals surface area (Å²) in [5.74, 6) is -2.16. The van der Waals surface area contributed by atoms with E-state index in [1.807, 2.05) is 0 Å². The molecule has 1 saturated heterocycles. The van der Waals surface area contributed by atoms with Crippen LogP contribution in [0, 0.1) is 10.1 Å². The number of aliphatic hydroxyl groups excluding tert-OH is 4. The van der Waals surface area contributed by atoms with E-state index in [4.69, 9.17) is 42.6 Å². The highest BCUT2D eigenvalue weighted by atomic mass is 16.7. The number of nitrogens with zero attached hydrogens (tertiary/aromatic N) is 2. The fourth-order valence-electron chi connectivity index (χ4n) is 8.76. The number of hydrogen-bond donors (Lipinski definition) is 11. The molecule has 0 aromatic heterocycles. The average molecular weight is 1220 g/mol. The number of ether oxygens (including phenoxy) is 9. The standard InChI is InChI=1S/C54H86N8O23/c1-50(2,3)82-46(70)55-22-21-34(63)41(67)59-32-23-33(60-48(72)84-52(7,8)9)39(36(65)38(32)81-44-37(66)40(54(13,74)27-78-44)61(14)49(73)85-53(10,11)12)80-43-31(58-42(68)35(64)25-57-47(71)83-51(4,5)6)20-19-30(79-43)24-56-45(69)77-26-28-15-17-29(18-16-28)62(75)76/h15-19,31-40,43-44,63-66,74H,20-27H2,1-14H3,(H,55,70)(H,56,69)(H,57,71)(H,58,68)(H,59,67)(H,60,72)/t31-,32-,33+,34+,35?,36-,37-,38+,39-,40-,43-,44-,54+/m1/s1. The lowest BCUT2D eigenvalue weighted by atomic mass is 9.82. The highest BCUT2D eigenvalue weighted by Gasteiger charge is 2.55. The van der Waals surface area contributed by atoms with Crippen LogP contribution in [0.2, 0.25) is 0 Å². The van der Waals surface area contributed by atoms with Gasteiger partial charge in [-0.2, -0.15) is 0 Å². The van der Waals surface area contributed by atoms with E-state index in [-0.39, 0.29) is 37.4 Å². The van der Waals surface area contributed by atoms with E-state index in [1.54, 1.807) is 83.1 Å². The Hall–Kier alpha value is -6.87. The first kappa shape index (κ1) is 70.6. The largest absolute Gasteiger partial charge is 0.465 e. The molecule has 1 aromatic carbocycles. The van der Waals surface area contributed by atoms with Crippen molar-refractivity contribution < 1.29 is 107 Å². The first-order chi connectivity index (χ1) is 39.1. The number of likely N-dealkylation sites (N-methyl/N-ethyl adjacent to an activating group) is 1. The molecular weight excluding hydrogens is 1130 g/mol. The third-order valence-electron chi connectivity index (χ3n) is 12.4. The summed E-state index contributed by atoms with van der Waals surface area (Å²) in [6.45, 7) is 18.3. The molecule has 480 valence electrons. The molecule has 1 unspecified atom stereocenters. The number of alkyl carbamates (subject to hydrolysis) is 4. The van der Waals surface area contributed by atoms with Crippen LogP contribution in [-0.2, 0) is 58.8 Å². The molecule has 4 rings (SSSR count). The molecule has 31 nitrogen and oxygen atoms in total. The van der Waals surface area contributed by atoms with Gasteiger partial charge in [0.15, 0.2) is 6.29 Å². The summed E-state index contributed by atoms with van der Waals surface area (Å²) in [6.07, 6.45) is -19.3. The van der Waals surface area contributed by atoms with E-state index in [0.717, 1.165) is 4.90 Å². The molecule has 31 heteroatoms. The summed E-state index contributed by atoms with van der Waals surface area (Å²) in [5, 5.41) is 84.6. The molecule has 1 aromatic rings. The maximum Gasteiger partial charge on any atom is 0.410 e. The molecular formula is C54H86N8O23. The van der Waals surface area contributed by atoms with Gasteiger partial charge in [0.1, 0.15) is 77.0 Å². The average Bonchev–Trinajstić information content (AvgIpc) is 1.00. The molecule has 2 aliphatic heterocycles. The van der Waals surface area contributed by atoms with Crippen molar-refractivity contribution in [3.63, 3.8) is 0 Å². The van der Waals surface area contributed by atoms with Gasteiger partial charge in [0.25, 0.3) is 11.6 Å². The number of benzene rings is 1. The van der Waals surface area contributed by atoms with Crippen molar-refractivity contribution in [2.75, 3.05) is 33.3 Å². The van der Waals surface area contributed by atoms with Crippen LogP contribution >= 0.6 is 0 Å². The van der Waals surface area contributed by atoms with E-state index in [0.29, 0.717) is 5.56 Å². The number of aliphatic hydroxyl groups is 5. The highest BCUT2D eigenvalue weighted by Crippen LogP contribution is 2.35. The van der Waals surface area contributed by atoms with Gasteiger partial charge in [-0.05, 0) is 133 Å². The molecule has 0 bridgehead atoms. The van der Waals surface area contributed by atoms with Gasteiger partial charge in [-0.25, -0.2) is 24.0 Å². The monoisotopic (exact) mass is 1210 g/mol. The van der Waals surface area contributed by atoms with Crippen LogP contribution in [0.4, 0.5) is 29.7 Å². The Bertz CT molecular complexity index is 2510. The molecule has 2 heterocycles. The zero-order chi connectivity index (χ0) is 64.2. The number of rotatable bonds is 20. The summed E-state index contributed by atoms with van der Waals surface area (Å²) in [7, 11) is 1.26. The third-order valence-corrected chi connectivity index (χ3v) is 12.4. The minimum absolute atomic E-state index is 0.0177. The number of carbonyl (C=O) groups is 7. The van der Waals surface area contributed by atoms with Crippen molar-refractivity contribution in [3.8, 4) is 0 Å². The van der Waals surface area contributed by atoms with Gasteiger partial charge in [0, 0.05) is 25.7 Å². The topological polar surface area (TPSA) is 422 Å². The van der Waals surface area contributed by atoms with E-state index in [2.05, 4.69) is 31.9 Å². The predicted octanol–water partition coefficient (Wildman–Crippen LogP) is 1.71. The second-order valence-corrected chi connectivity index (χ2v) is 24.9. The van der Waals surface area contributed by atoms with Gasteiger partial charge < -0.3 is 105 Å². The molecule has 2 fully saturated rings. The Balaban J connectivity index is 1.75. The Morgan fingerprint density at radius 2 is 1.22 bits per heavy atom. The molecule has 1 saturated carbocycles. The van der Waals surface area contributed by atoms with Crippen LogP contribution in [-0.4, -0.2) is 212 Å². The van der Waals surface area contributed by atoms with Gasteiger partial charge in [-0.15, -0.1) is 0 Å². The molecule has 85 heavy (non-hydrogen) atoms. The Labute approximate surface area is 492 Å². The van der Waals surface area contributed by atoms with Crippen LogP contribution in [0.3, 0.4) is 0 Å². The van der Waals surface area contributed by atoms with Gasteiger partial charge in [0.05, 0.1) is 48.8 Å². The van der Waals surface area contributed by atoms with Gasteiger partial charge in [-0.3, -0.25) is 19.7 Å². The fraction of sp³-hybridized carbons (Fsp3) is 0.722. The Morgan fingerprint density at radius 1 is 0.706 bits per heavy atom. The van der Waals surface area contributed by atoms with Crippen molar-refractivity contribution in [3.05, 3.63) is 51.8 Å². The summed E-state index contributed by atoms with van der Waals surface area (Å²) in [5.41, 5.74) is -5.64. The summed E-state index contributed by atoms with van der Waals surface area (Å²) < 4.78 is 51.8. The van der Waals surface area contributed by atoms with Crippen molar-refractivity contribution in [1.82, 2.24) is 36.8 Å². The lowest BCUT2D eigenvalue weighted by Gasteiger charge is -2.50. The number of carbonyl (C=O) groups excluding carboxylic acids is 7. The molecule has 13 atom stereocenters. The van der Waals surface area contributed by atoms with Gasteiger partial charge in [-0.1, -0.05) is 0 Å². The number of amides is 7. The van der Waals surface area contributed by atoms with Crippen molar-refractivity contribution in [2.24, 2.45) is 0 Å². The molecule has 11 N–H and O–H groups in total. The first-order valence-corrected chi connectivity index (χ1v) is 27.5. The minimum atomic E-state index is -2.09. The van der Waals surface area contributed by atoms with Crippen LogP contribution in [0.5, 0.6) is 0 Å². The maximum absolute atomic E-state index is 14.0. The molecule has 0 spiro atoms. The number of nitrogens with one attached hydrogen (secondary N) is 6. The van der Waals surface area contributed by atoms with Crippen LogP contribution in [0.25, 0.3) is 0 Å². The van der Waals surface area contributed by atoms with Crippen LogP contribution < -0.4 is 31.9 Å². The lowest BCUT2D eigenvalue weighted by molar-refractivity contribution is -0.384. The van der Waals surface area contributed by atoms with E-state index in [9.17, 15) is 69.2 Å². The zero-order valence-electron chi connectivity index (χ0n) is 50.5. The second-order valence-electron chi connectivity index (χ2n) is 24.9. The van der Waals surface area contributed by atoms with Crippen LogP contribution in [0.15, 0.2) is 36.1 Å². The molecule has 0 radical (unpaired) electrons. The van der Waals surface area contributed by atoms with Crippen molar-refractivity contribution in [2.45, 2.75) is 217 Å². The first-order valence-electron chi connectivity index (χ1n) is 27.5. The van der Waals surface area contributed by atoms with Crippen molar-refractivity contribution in [1.29, 1.82) is 0 Å².